The Morgan fingerprint density at radius 1 is 0.750 bits per heavy atom. The second-order valence-electron chi connectivity index (χ2n) is 5.70. The fourth-order valence-electron chi connectivity index (χ4n) is 3.27. The fraction of sp³-hybridized carbons (Fsp3) is 1.00. The predicted molar refractivity (Wildman–Crippen MR) is 61.9 cm³/mol. The normalized spacial score (nSPS) is 45.6. The number of hydrogen-bond donors (Lipinski definition) is 3. The minimum absolute atomic E-state index is 0.0886. The summed E-state index contributed by atoms with van der Waals surface area (Å²) in [4.78, 5) is 0. The van der Waals surface area contributed by atoms with Gasteiger partial charge in [0.15, 0.2) is 0 Å². The molecular weight excluding hydrogens is 204 g/mol. The summed E-state index contributed by atoms with van der Waals surface area (Å²) < 4.78 is 0. The summed E-state index contributed by atoms with van der Waals surface area (Å²) in [6, 6.07) is 0. The standard InChI is InChI=1S/C13H24O3/c14-11-4-1-9(2-5-11)7-10-3-6-12(15)8-13(10)16/h9-16H,1-8H2. The van der Waals surface area contributed by atoms with Crippen LogP contribution in [0, 0.1) is 11.8 Å². The third-order valence-electron chi connectivity index (χ3n) is 4.38. The van der Waals surface area contributed by atoms with E-state index in [2.05, 4.69) is 0 Å². The van der Waals surface area contributed by atoms with Crippen LogP contribution in [0.25, 0.3) is 0 Å². The highest BCUT2D eigenvalue weighted by molar-refractivity contribution is 4.82. The van der Waals surface area contributed by atoms with E-state index in [0.717, 1.165) is 44.9 Å². The van der Waals surface area contributed by atoms with Crippen molar-refractivity contribution < 1.29 is 15.3 Å². The topological polar surface area (TPSA) is 60.7 Å². The van der Waals surface area contributed by atoms with Gasteiger partial charge in [-0.2, -0.15) is 0 Å². The van der Waals surface area contributed by atoms with Gasteiger partial charge in [-0.25, -0.2) is 0 Å². The first-order valence-corrected chi connectivity index (χ1v) is 6.69. The summed E-state index contributed by atoms with van der Waals surface area (Å²) in [7, 11) is 0. The number of aliphatic hydroxyl groups excluding tert-OH is 3. The van der Waals surface area contributed by atoms with Crippen LogP contribution in [-0.4, -0.2) is 33.6 Å². The van der Waals surface area contributed by atoms with Crippen molar-refractivity contribution in [3.8, 4) is 0 Å². The molecule has 0 radical (unpaired) electrons. The van der Waals surface area contributed by atoms with E-state index < -0.39 is 0 Å². The third kappa shape index (κ3) is 3.19. The summed E-state index contributed by atoms with van der Waals surface area (Å²) in [5.41, 5.74) is 0. The van der Waals surface area contributed by atoms with E-state index in [1.807, 2.05) is 0 Å². The second-order valence-corrected chi connectivity index (χ2v) is 5.70. The van der Waals surface area contributed by atoms with Crippen molar-refractivity contribution in [3.63, 3.8) is 0 Å². The van der Waals surface area contributed by atoms with Crippen LogP contribution < -0.4 is 0 Å². The van der Waals surface area contributed by atoms with E-state index in [4.69, 9.17) is 0 Å². The van der Waals surface area contributed by atoms with Crippen LogP contribution in [0.1, 0.15) is 51.4 Å². The molecule has 0 heterocycles. The molecule has 0 amide bonds. The summed E-state index contributed by atoms with van der Waals surface area (Å²) in [5, 5.41) is 28.8. The van der Waals surface area contributed by atoms with Gasteiger partial charge in [0.25, 0.3) is 0 Å². The first-order chi connectivity index (χ1) is 7.65. The molecule has 0 aliphatic heterocycles. The quantitative estimate of drug-likeness (QED) is 0.670. The molecule has 0 bridgehead atoms. The SMILES string of the molecule is OC1CCC(CC2CCC(O)CC2O)CC1. The van der Waals surface area contributed by atoms with Crippen molar-refractivity contribution in [2.45, 2.75) is 69.7 Å². The maximum absolute atomic E-state index is 9.91. The lowest BCUT2D eigenvalue weighted by atomic mass is 9.75. The van der Waals surface area contributed by atoms with Gasteiger partial charge >= 0.3 is 0 Å². The molecule has 3 unspecified atom stereocenters. The van der Waals surface area contributed by atoms with Gasteiger partial charge in [0.05, 0.1) is 18.3 Å². The van der Waals surface area contributed by atoms with Crippen LogP contribution >= 0.6 is 0 Å². The number of aliphatic hydroxyl groups is 3. The Hall–Kier alpha value is -0.120. The summed E-state index contributed by atoms with van der Waals surface area (Å²) in [5.74, 6) is 1.06. The fourth-order valence-corrected chi connectivity index (χ4v) is 3.27. The summed E-state index contributed by atoms with van der Waals surface area (Å²) in [6.45, 7) is 0. The van der Waals surface area contributed by atoms with E-state index in [1.54, 1.807) is 0 Å². The Morgan fingerprint density at radius 2 is 1.38 bits per heavy atom. The summed E-state index contributed by atoms with van der Waals surface area (Å²) in [6.07, 6.45) is 6.81. The second kappa shape index (κ2) is 5.48. The Morgan fingerprint density at radius 3 is 2.00 bits per heavy atom. The maximum Gasteiger partial charge on any atom is 0.0593 e. The molecule has 3 N–H and O–H groups in total. The third-order valence-corrected chi connectivity index (χ3v) is 4.38. The van der Waals surface area contributed by atoms with Crippen LogP contribution in [0.3, 0.4) is 0 Å². The van der Waals surface area contributed by atoms with Crippen molar-refractivity contribution >= 4 is 0 Å². The zero-order valence-electron chi connectivity index (χ0n) is 9.89. The minimum atomic E-state index is -0.310. The molecule has 0 saturated heterocycles. The van der Waals surface area contributed by atoms with Crippen molar-refractivity contribution in [1.82, 2.24) is 0 Å². The zero-order valence-corrected chi connectivity index (χ0v) is 9.89. The Labute approximate surface area is 97.5 Å². The van der Waals surface area contributed by atoms with Crippen LogP contribution in [0.2, 0.25) is 0 Å². The average molecular weight is 228 g/mol. The van der Waals surface area contributed by atoms with Crippen LogP contribution in [0.15, 0.2) is 0 Å². The first-order valence-electron chi connectivity index (χ1n) is 6.69. The zero-order chi connectivity index (χ0) is 11.5. The van der Waals surface area contributed by atoms with Crippen molar-refractivity contribution in [2.75, 3.05) is 0 Å². The highest BCUT2D eigenvalue weighted by atomic mass is 16.3. The summed E-state index contributed by atoms with van der Waals surface area (Å²) >= 11 is 0. The lowest BCUT2D eigenvalue weighted by Crippen LogP contribution is -2.34. The minimum Gasteiger partial charge on any atom is -0.393 e. The monoisotopic (exact) mass is 228 g/mol. The highest BCUT2D eigenvalue weighted by Crippen LogP contribution is 2.35. The molecule has 2 saturated carbocycles. The maximum atomic E-state index is 9.91. The molecule has 2 aliphatic rings. The number of hydrogen-bond acceptors (Lipinski definition) is 3. The first kappa shape index (κ1) is 12.3. The number of rotatable bonds is 2. The molecule has 0 aromatic heterocycles. The average Bonchev–Trinajstić information content (AvgIpc) is 2.25. The Kier molecular flexibility index (Phi) is 4.22. The van der Waals surface area contributed by atoms with Gasteiger partial charge in [0.1, 0.15) is 0 Å². The van der Waals surface area contributed by atoms with Crippen molar-refractivity contribution in [1.29, 1.82) is 0 Å². The highest BCUT2D eigenvalue weighted by Gasteiger charge is 2.31. The van der Waals surface area contributed by atoms with E-state index in [-0.39, 0.29) is 18.3 Å². The van der Waals surface area contributed by atoms with Gasteiger partial charge in [-0.15, -0.1) is 0 Å². The molecule has 3 heteroatoms. The van der Waals surface area contributed by atoms with Crippen molar-refractivity contribution in [2.24, 2.45) is 11.8 Å². The van der Waals surface area contributed by atoms with Gasteiger partial charge < -0.3 is 15.3 Å². The van der Waals surface area contributed by atoms with E-state index in [0.29, 0.717) is 18.3 Å². The molecule has 2 aliphatic carbocycles. The Balaban J connectivity index is 1.76. The van der Waals surface area contributed by atoms with Gasteiger partial charge in [0, 0.05) is 0 Å². The Bertz CT molecular complexity index is 211. The van der Waals surface area contributed by atoms with E-state index in [9.17, 15) is 15.3 Å². The molecule has 3 atom stereocenters. The van der Waals surface area contributed by atoms with Crippen LogP contribution in [-0.2, 0) is 0 Å². The lowest BCUT2D eigenvalue weighted by molar-refractivity contribution is -0.0112. The molecule has 0 aromatic rings. The molecule has 0 aromatic carbocycles. The molecule has 3 nitrogen and oxygen atoms in total. The predicted octanol–water partition coefficient (Wildman–Crippen LogP) is 1.45. The van der Waals surface area contributed by atoms with E-state index >= 15 is 0 Å². The molecule has 2 rings (SSSR count). The van der Waals surface area contributed by atoms with Gasteiger partial charge in [-0.1, -0.05) is 0 Å². The van der Waals surface area contributed by atoms with Gasteiger partial charge in [0.2, 0.25) is 0 Å². The lowest BCUT2D eigenvalue weighted by Gasteiger charge is -2.35. The van der Waals surface area contributed by atoms with E-state index in [1.165, 1.54) is 0 Å². The van der Waals surface area contributed by atoms with Gasteiger partial charge in [-0.05, 0) is 63.2 Å². The smallest absolute Gasteiger partial charge is 0.0593 e. The largest absolute Gasteiger partial charge is 0.393 e. The molecule has 2 fully saturated rings. The molecular formula is C13H24O3. The molecule has 16 heavy (non-hydrogen) atoms. The molecule has 0 spiro atoms. The molecule has 94 valence electrons. The van der Waals surface area contributed by atoms with Gasteiger partial charge in [-0.3, -0.25) is 0 Å². The van der Waals surface area contributed by atoms with Crippen LogP contribution in [0.4, 0.5) is 0 Å². The van der Waals surface area contributed by atoms with Crippen molar-refractivity contribution in [3.05, 3.63) is 0 Å². The van der Waals surface area contributed by atoms with Crippen LogP contribution in [0.5, 0.6) is 0 Å².